The summed E-state index contributed by atoms with van der Waals surface area (Å²) in [4.78, 5) is 4.41. The van der Waals surface area contributed by atoms with Crippen LogP contribution in [0.3, 0.4) is 0 Å². The average molecular weight is 261 g/mol. The molecule has 2 unspecified atom stereocenters. The van der Waals surface area contributed by atoms with Crippen molar-refractivity contribution in [1.82, 2.24) is 15.5 Å². The SMILES string of the molecule is Cc1cc(F)cc(-c2noc(C3CNCC3C)n2)c1. The second kappa shape index (κ2) is 4.74. The highest BCUT2D eigenvalue weighted by Crippen LogP contribution is 2.28. The lowest BCUT2D eigenvalue weighted by Gasteiger charge is -2.07. The molecule has 5 heteroatoms. The van der Waals surface area contributed by atoms with Gasteiger partial charge in [-0.05, 0) is 43.1 Å². The summed E-state index contributed by atoms with van der Waals surface area (Å²) < 4.78 is 18.7. The van der Waals surface area contributed by atoms with E-state index in [1.165, 1.54) is 12.1 Å². The molecule has 0 radical (unpaired) electrons. The van der Waals surface area contributed by atoms with Crippen molar-refractivity contribution in [2.45, 2.75) is 19.8 Å². The maximum Gasteiger partial charge on any atom is 0.231 e. The number of hydrogen-bond donors (Lipinski definition) is 1. The molecule has 2 aromatic rings. The minimum Gasteiger partial charge on any atom is -0.339 e. The molecule has 1 aliphatic rings. The van der Waals surface area contributed by atoms with Crippen LogP contribution in [0, 0.1) is 18.7 Å². The predicted octanol–water partition coefficient (Wildman–Crippen LogP) is 2.51. The highest BCUT2D eigenvalue weighted by molar-refractivity contribution is 5.55. The molecule has 100 valence electrons. The zero-order chi connectivity index (χ0) is 13.4. The maximum atomic E-state index is 13.4. The van der Waals surface area contributed by atoms with Gasteiger partial charge in [-0.15, -0.1) is 0 Å². The molecular formula is C14H16FN3O. The third-order valence-electron chi connectivity index (χ3n) is 3.58. The van der Waals surface area contributed by atoms with E-state index in [-0.39, 0.29) is 11.7 Å². The molecule has 3 rings (SSSR count). The van der Waals surface area contributed by atoms with Crippen LogP contribution in [-0.2, 0) is 0 Å². The Morgan fingerprint density at radius 2 is 2.16 bits per heavy atom. The molecule has 4 nitrogen and oxygen atoms in total. The lowest BCUT2D eigenvalue weighted by molar-refractivity contribution is 0.340. The van der Waals surface area contributed by atoms with Gasteiger partial charge in [0.15, 0.2) is 0 Å². The van der Waals surface area contributed by atoms with Gasteiger partial charge in [-0.25, -0.2) is 4.39 Å². The fourth-order valence-corrected chi connectivity index (χ4v) is 2.51. The lowest BCUT2D eigenvalue weighted by atomic mass is 9.98. The monoisotopic (exact) mass is 261 g/mol. The highest BCUT2D eigenvalue weighted by atomic mass is 19.1. The van der Waals surface area contributed by atoms with Gasteiger partial charge < -0.3 is 9.84 Å². The van der Waals surface area contributed by atoms with Gasteiger partial charge in [0.25, 0.3) is 0 Å². The number of nitrogens with one attached hydrogen (secondary N) is 1. The number of halogens is 1. The second-order valence-electron chi connectivity index (χ2n) is 5.22. The average Bonchev–Trinajstić information content (AvgIpc) is 2.95. The van der Waals surface area contributed by atoms with Gasteiger partial charge in [-0.3, -0.25) is 0 Å². The fraction of sp³-hybridized carbons (Fsp3) is 0.429. The van der Waals surface area contributed by atoms with Gasteiger partial charge in [0.05, 0.1) is 5.92 Å². The van der Waals surface area contributed by atoms with Crippen LogP contribution in [0.2, 0.25) is 0 Å². The first-order valence-electron chi connectivity index (χ1n) is 6.45. The summed E-state index contributed by atoms with van der Waals surface area (Å²) in [5.74, 6) is 1.53. The van der Waals surface area contributed by atoms with Gasteiger partial charge in [0.2, 0.25) is 11.7 Å². The molecule has 0 spiro atoms. The van der Waals surface area contributed by atoms with E-state index >= 15 is 0 Å². The van der Waals surface area contributed by atoms with Crippen molar-refractivity contribution in [3.05, 3.63) is 35.5 Å². The van der Waals surface area contributed by atoms with Crippen LogP contribution in [0.15, 0.2) is 22.7 Å². The molecule has 0 bridgehead atoms. The largest absolute Gasteiger partial charge is 0.339 e. The molecule has 2 atom stereocenters. The van der Waals surface area contributed by atoms with E-state index in [0.29, 0.717) is 23.2 Å². The minimum absolute atomic E-state index is 0.246. The van der Waals surface area contributed by atoms with Gasteiger partial charge in [0.1, 0.15) is 5.82 Å². The smallest absolute Gasteiger partial charge is 0.231 e. The second-order valence-corrected chi connectivity index (χ2v) is 5.22. The summed E-state index contributed by atoms with van der Waals surface area (Å²) in [5.41, 5.74) is 1.50. The topological polar surface area (TPSA) is 51.0 Å². The Kier molecular flexibility index (Phi) is 3.06. The van der Waals surface area contributed by atoms with Crippen LogP contribution in [0.4, 0.5) is 4.39 Å². The van der Waals surface area contributed by atoms with E-state index < -0.39 is 0 Å². The van der Waals surface area contributed by atoms with E-state index in [0.717, 1.165) is 18.7 Å². The van der Waals surface area contributed by atoms with Gasteiger partial charge in [-0.1, -0.05) is 12.1 Å². The molecule has 1 aliphatic heterocycles. The summed E-state index contributed by atoms with van der Waals surface area (Å²) >= 11 is 0. The number of benzene rings is 1. The van der Waals surface area contributed by atoms with Crippen molar-refractivity contribution < 1.29 is 8.91 Å². The number of nitrogens with zero attached hydrogens (tertiary/aromatic N) is 2. The lowest BCUT2D eigenvalue weighted by Crippen LogP contribution is -2.08. The molecule has 2 heterocycles. The molecule has 0 amide bonds. The number of aryl methyl sites for hydroxylation is 1. The summed E-state index contributed by atoms with van der Waals surface area (Å²) in [6, 6.07) is 4.76. The minimum atomic E-state index is -0.280. The number of hydrogen-bond acceptors (Lipinski definition) is 4. The molecule has 1 aromatic carbocycles. The van der Waals surface area contributed by atoms with E-state index in [9.17, 15) is 4.39 Å². The van der Waals surface area contributed by atoms with E-state index in [1.807, 2.05) is 13.0 Å². The van der Waals surface area contributed by atoms with Crippen molar-refractivity contribution in [3.63, 3.8) is 0 Å². The molecule has 19 heavy (non-hydrogen) atoms. The summed E-state index contributed by atoms with van der Waals surface area (Å²) in [6.07, 6.45) is 0. The Hall–Kier alpha value is -1.75. The predicted molar refractivity (Wildman–Crippen MR) is 69.2 cm³/mol. The van der Waals surface area contributed by atoms with Crippen molar-refractivity contribution in [3.8, 4) is 11.4 Å². The van der Waals surface area contributed by atoms with Crippen molar-refractivity contribution >= 4 is 0 Å². The Morgan fingerprint density at radius 3 is 2.84 bits per heavy atom. The zero-order valence-corrected chi connectivity index (χ0v) is 11.0. The highest BCUT2D eigenvalue weighted by Gasteiger charge is 2.29. The van der Waals surface area contributed by atoms with Crippen LogP contribution in [0.5, 0.6) is 0 Å². The fourth-order valence-electron chi connectivity index (χ4n) is 2.51. The van der Waals surface area contributed by atoms with Crippen LogP contribution in [0.1, 0.15) is 24.3 Å². The third-order valence-corrected chi connectivity index (χ3v) is 3.58. The zero-order valence-electron chi connectivity index (χ0n) is 11.0. The Balaban J connectivity index is 1.92. The van der Waals surface area contributed by atoms with E-state index in [1.54, 1.807) is 0 Å². The molecule has 1 saturated heterocycles. The first kappa shape index (κ1) is 12.3. The quantitative estimate of drug-likeness (QED) is 0.902. The maximum absolute atomic E-state index is 13.4. The van der Waals surface area contributed by atoms with Gasteiger partial charge in [-0.2, -0.15) is 4.98 Å². The van der Waals surface area contributed by atoms with Crippen LogP contribution in [0.25, 0.3) is 11.4 Å². The van der Waals surface area contributed by atoms with Crippen LogP contribution >= 0.6 is 0 Å². The first-order chi connectivity index (χ1) is 9.13. The van der Waals surface area contributed by atoms with Crippen molar-refractivity contribution in [1.29, 1.82) is 0 Å². The van der Waals surface area contributed by atoms with Crippen molar-refractivity contribution in [2.75, 3.05) is 13.1 Å². The third kappa shape index (κ3) is 2.38. The first-order valence-corrected chi connectivity index (χ1v) is 6.45. The number of aromatic nitrogens is 2. The van der Waals surface area contributed by atoms with E-state index in [2.05, 4.69) is 22.4 Å². The molecule has 1 fully saturated rings. The molecule has 1 aromatic heterocycles. The van der Waals surface area contributed by atoms with Crippen LogP contribution < -0.4 is 5.32 Å². The van der Waals surface area contributed by atoms with E-state index in [4.69, 9.17) is 4.52 Å². The molecular weight excluding hydrogens is 245 g/mol. The van der Waals surface area contributed by atoms with Gasteiger partial charge in [0, 0.05) is 12.1 Å². The molecule has 1 N–H and O–H groups in total. The normalized spacial score (nSPS) is 22.9. The standard InChI is InChI=1S/C14H16FN3O/c1-8-3-10(5-11(15)4-8)13-17-14(19-18-13)12-7-16-6-9(12)2/h3-5,9,12,16H,6-7H2,1-2H3. The Labute approximate surface area is 111 Å². The Bertz CT molecular complexity index is 576. The van der Waals surface area contributed by atoms with Gasteiger partial charge >= 0.3 is 0 Å². The van der Waals surface area contributed by atoms with Crippen LogP contribution in [-0.4, -0.2) is 23.2 Å². The Morgan fingerprint density at radius 1 is 1.32 bits per heavy atom. The van der Waals surface area contributed by atoms with Crippen molar-refractivity contribution in [2.24, 2.45) is 5.92 Å². The summed E-state index contributed by atoms with van der Waals surface area (Å²) in [6.45, 7) is 5.81. The number of rotatable bonds is 2. The summed E-state index contributed by atoms with van der Waals surface area (Å²) in [7, 11) is 0. The summed E-state index contributed by atoms with van der Waals surface area (Å²) in [5, 5.41) is 7.27. The molecule has 0 aliphatic carbocycles. The molecule has 0 saturated carbocycles.